The van der Waals surface area contributed by atoms with Gasteiger partial charge >= 0.3 is 0 Å². The van der Waals surface area contributed by atoms with Gasteiger partial charge in [0.2, 0.25) is 5.91 Å². The minimum Gasteiger partial charge on any atom is -0.394 e. The van der Waals surface area contributed by atoms with Crippen LogP contribution in [0.15, 0.2) is 0 Å². The molecule has 0 aromatic heterocycles. The van der Waals surface area contributed by atoms with Crippen LogP contribution in [0.25, 0.3) is 0 Å². The van der Waals surface area contributed by atoms with Crippen LogP contribution >= 0.6 is 0 Å². The van der Waals surface area contributed by atoms with Crippen molar-refractivity contribution in [3.8, 4) is 0 Å². The van der Waals surface area contributed by atoms with Gasteiger partial charge in [-0.25, -0.2) is 0 Å². The zero-order valence-corrected chi connectivity index (χ0v) is 10.9. The Kier molecular flexibility index (Phi) is 4.05. The highest BCUT2D eigenvalue weighted by molar-refractivity contribution is 5.79. The quantitative estimate of drug-likeness (QED) is 0.743. The lowest BCUT2D eigenvalue weighted by Gasteiger charge is -2.33. The Morgan fingerprint density at radius 3 is 2.82 bits per heavy atom. The van der Waals surface area contributed by atoms with Crippen molar-refractivity contribution in [2.45, 2.75) is 45.2 Å². The third kappa shape index (κ3) is 2.63. The van der Waals surface area contributed by atoms with Gasteiger partial charge in [-0.2, -0.15) is 0 Å². The van der Waals surface area contributed by atoms with Crippen LogP contribution < -0.4 is 5.32 Å². The van der Waals surface area contributed by atoms with Gasteiger partial charge in [-0.3, -0.25) is 4.79 Å². The first-order valence-electron chi connectivity index (χ1n) is 6.78. The fourth-order valence-electron chi connectivity index (χ4n) is 3.15. The zero-order chi connectivity index (χ0) is 12.4. The molecule has 0 aromatic carbocycles. The van der Waals surface area contributed by atoms with E-state index in [1.54, 1.807) is 0 Å². The van der Waals surface area contributed by atoms with E-state index in [9.17, 15) is 9.90 Å². The maximum absolute atomic E-state index is 12.4. The summed E-state index contributed by atoms with van der Waals surface area (Å²) in [6, 6.07) is 0.484. The molecule has 2 saturated heterocycles. The van der Waals surface area contributed by atoms with Gasteiger partial charge in [-0.15, -0.1) is 0 Å². The SMILES string of the molecule is CC1CC(C(=O)N2CCC(C)C2CO)CCN1. The summed E-state index contributed by atoms with van der Waals surface area (Å²) in [4.78, 5) is 14.4. The van der Waals surface area contributed by atoms with Crippen molar-refractivity contribution >= 4 is 5.91 Å². The minimum atomic E-state index is 0.0488. The van der Waals surface area contributed by atoms with Crippen molar-refractivity contribution in [2.75, 3.05) is 19.7 Å². The van der Waals surface area contributed by atoms with Crippen LogP contribution in [0.3, 0.4) is 0 Å². The molecule has 2 N–H and O–H groups in total. The van der Waals surface area contributed by atoms with Gasteiger partial charge in [-0.05, 0) is 38.6 Å². The summed E-state index contributed by atoms with van der Waals surface area (Å²) in [6.45, 7) is 6.12. The topological polar surface area (TPSA) is 52.6 Å². The number of aliphatic hydroxyl groups excluding tert-OH is 1. The standard InChI is InChI=1S/C13H24N2O2/c1-9-4-6-15(12(9)8-16)13(17)11-3-5-14-10(2)7-11/h9-12,14,16H,3-8H2,1-2H3. The van der Waals surface area contributed by atoms with E-state index in [1.807, 2.05) is 4.90 Å². The van der Waals surface area contributed by atoms with E-state index < -0.39 is 0 Å². The van der Waals surface area contributed by atoms with Gasteiger partial charge in [0.05, 0.1) is 12.6 Å². The van der Waals surface area contributed by atoms with Gasteiger partial charge in [0.1, 0.15) is 0 Å². The molecule has 0 radical (unpaired) electrons. The van der Waals surface area contributed by atoms with E-state index in [-0.39, 0.29) is 24.5 Å². The predicted molar refractivity (Wildman–Crippen MR) is 66.6 cm³/mol. The second-order valence-electron chi connectivity index (χ2n) is 5.62. The summed E-state index contributed by atoms with van der Waals surface area (Å²) in [6.07, 6.45) is 2.89. The van der Waals surface area contributed by atoms with Gasteiger partial charge in [0.25, 0.3) is 0 Å². The van der Waals surface area contributed by atoms with Crippen molar-refractivity contribution in [2.24, 2.45) is 11.8 Å². The fourth-order valence-corrected chi connectivity index (χ4v) is 3.15. The Morgan fingerprint density at radius 1 is 1.41 bits per heavy atom. The number of carbonyl (C=O) groups is 1. The smallest absolute Gasteiger partial charge is 0.226 e. The van der Waals surface area contributed by atoms with Gasteiger partial charge in [0.15, 0.2) is 0 Å². The second-order valence-corrected chi connectivity index (χ2v) is 5.62. The first-order valence-corrected chi connectivity index (χ1v) is 6.78. The largest absolute Gasteiger partial charge is 0.394 e. The number of nitrogens with zero attached hydrogens (tertiary/aromatic N) is 1. The molecule has 0 aromatic rings. The van der Waals surface area contributed by atoms with Crippen molar-refractivity contribution in [1.82, 2.24) is 10.2 Å². The average molecular weight is 240 g/mol. The van der Waals surface area contributed by atoms with Gasteiger partial charge < -0.3 is 15.3 Å². The summed E-state index contributed by atoms with van der Waals surface area (Å²) in [5.41, 5.74) is 0. The van der Waals surface area contributed by atoms with E-state index in [0.717, 1.165) is 32.4 Å². The van der Waals surface area contributed by atoms with E-state index in [2.05, 4.69) is 19.2 Å². The number of nitrogens with one attached hydrogen (secondary N) is 1. The first-order chi connectivity index (χ1) is 8.13. The van der Waals surface area contributed by atoms with Crippen LogP contribution in [-0.4, -0.2) is 47.7 Å². The molecule has 0 saturated carbocycles. The van der Waals surface area contributed by atoms with Crippen molar-refractivity contribution in [1.29, 1.82) is 0 Å². The molecule has 2 aliphatic heterocycles. The van der Waals surface area contributed by atoms with Crippen molar-refractivity contribution < 1.29 is 9.90 Å². The normalized spacial score (nSPS) is 38.4. The lowest BCUT2D eigenvalue weighted by molar-refractivity contribution is -0.138. The molecule has 1 amide bonds. The molecule has 4 unspecified atom stereocenters. The van der Waals surface area contributed by atoms with Crippen molar-refractivity contribution in [3.63, 3.8) is 0 Å². The molecule has 98 valence electrons. The van der Waals surface area contributed by atoms with Crippen LogP contribution in [0.1, 0.15) is 33.1 Å². The monoisotopic (exact) mass is 240 g/mol. The number of hydrogen-bond acceptors (Lipinski definition) is 3. The highest BCUT2D eigenvalue weighted by Crippen LogP contribution is 2.28. The summed E-state index contributed by atoms with van der Waals surface area (Å²) in [5.74, 6) is 0.857. The van der Waals surface area contributed by atoms with Crippen LogP contribution in [0.5, 0.6) is 0 Å². The van der Waals surface area contributed by atoms with E-state index in [1.165, 1.54) is 0 Å². The Morgan fingerprint density at radius 2 is 2.18 bits per heavy atom. The number of piperidine rings is 1. The van der Waals surface area contributed by atoms with E-state index in [4.69, 9.17) is 0 Å². The molecule has 4 nitrogen and oxygen atoms in total. The van der Waals surface area contributed by atoms with Crippen LogP contribution in [0.2, 0.25) is 0 Å². The number of aliphatic hydroxyl groups is 1. The maximum Gasteiger partial charge on any atom is 0.226 e. The molecule has 2 heterocycles. The number of amides is 1. The molecular formula is C13H24N2O2. The van der Waals surface area contributed by atoms with E-state index >= 15 is 0 Å². The Balaban J connectivity index is 1.99. The number of carbonyl (C=O) groups excluding carboxylic acids is 1. The van der Waals surface area contributed by atoms with Crippen LogP contribution in [0, 0.1) is 11.8 Å². The second kappa shape index (κ2) is 5.36. The average Bonchev–Trinajstić information content (AvgIpc) is 2.69. The van der Waals surface area contributed by atoms with Crippen LogP contribution in [-0.2, 0) is 4.79 Å². The summed E-state index contributed by atoms with van der Waals surface area (Å²) in [5, 5.41) is 12.8. The highest BCUT2D eigenvalue weighted by atomic mass is 16.3. The number of hydrogen-bond donors (Lipinski definition) is 2. The van der Waals surface area contributed by atoms with Gasteiger partial charge in [0, 0.05) is 18.5 Å². The van der Waals surface area contributed by atoms with Crippen LogP contribution in [0.4, 0.5) is 0 Å². The molecule has 2 rings (SSSR count). The summed E-state index contributed by atoms with van der Waals surface area (Å²) < 4.78 is 0. The van der Waals surface area contributed by atoms with Crippen molar-refractivity contribution in [3.05, 3.63) is 0 Å². The molecule has 17 heavy (non-hydrogen) atoms. The number of likely N-dealkylation sites (tertiary alicyclic amines) is 1. The molecule has 0 aliphatic carbocycles. The Labute approximate surface area is 103 Å². The summed E-state index contributed by atoms with van der Waals surface area (Å²) in [7, 11) is 0. The Hall–Kier alpha value is -0.610. The molecule has 0 spiro atoms. The third-order valence-electron chi connectivity index (χ3n) is 4.33. The molecule has 0 bridgehead atoms. The maximum atomic E-state index is 12.4. The lowest BCUT2D eigenvalue weighted by Crippen LogP contribution is -2.47. The Bertz CT molecular complexity index is 283. The molecule has 2 aliphatic rings. The van der Waals surface area contributed by atoms with Gasteiger partial charge in [-0.1, -0.05) is 6.92 Å². The predicted octanol–water partition coefficient (Wildman–Crippen LogP) is 0.604. The lowest BCUT2D eigenvalue weighted by atomic mass is 9.91. The molecule has 4 atom stereocenters. The third-order valence-corrected chi connectivity index (χ3v) is 4.33. The molecule has 4 heteroatoms. The fraction of sp³-hybridized carbons (Fsp3) is 0.923. The zero-order valence-electron chi connectivity index (χ0n) is 10.9. The molecule has 2 fully saturated rings. The highest BCUT2D eigenvalue weighted by Gasteiger charge is 2.37. The number of rotatable bonds is 2. The summed E-state index contributed by atoms with van der Waals surface area (Å²) >= 11 is 0. The minimum absolute atomic E-state index is 0.0488. The molecular weight excluding hydrogens is 216 g/mol. The first kappa shape index (κ1) is 12.8. The van der Waals surface area contributed by atoms with E-state index in [0.29, 0.717) is 12.0 Å².